The van der Waals surface area contributed by atoms with Crippen LogP contribution in [0.4, 0.5) is 0 Å². The number of aromatic hydroxyl groups is 3. The van der Waals surface area contributed by atoms with Crippen molar-refractivity contribution in [2.75, 3.05) is 26.2 Å². The molecule has 0 aromatic heterocycles. The Bertz CT molecular complexity index is 412. The molecule has 5 nitrogen and oxygen atoms in total. The largest absolute Gasteiger partial charge is 0.504 e. The molecule has 0 bridgehead atoms. The second-order valence-electron chi connectivity index (χ2n) is 4.33. The fourth-order valence-corrected chi connectivity index (χ4v) is 2.19. The summed E-state index contributed by atoms with van der Waals surface area (Å²) in [5.41, 5.74) is 0.641. The van der Waals surface area contributed by atoms with Gasteiger partial charge >= 0.3 is 0 Å². The molecule has 1 aromatic carbocycles. The van der Waals surface area contributed by atoms with Crippen molar-refractivity contribution in [2.24, 2.45) is 0 Å². The van der Waals surface area contributed by atoms with Crippen LogP contribution in [0.2, 0.25) is 0 Å². The molecule has 0 spiro atoms. The summed E-state index contributed by atoms with van der Waals surface area (Å²) < 4.78 is 0. The van der Waals surface area contributed by atoms with Gasteiger partial charge in [0.05, 0.1) is 0 Å². The van der Waals surface area contributed by atoms with E-state index in [0.717, 1.165) is 26.2 Å². The molecule has 0 unspecified atom stereocenters. The third-order valence-corrected chi connectivity index (χ3v) is 3.31. The van der Waals surface area contributed by atoms with Crippen LogP contribution in [-0.2, 0) is 0 Å². The fourth-order valence-electron chi connectivity index (χ4n) is 2.19. The van der Waals surface area contributed by atoms with Crippen LogP contribution in [0, 0.1) is 0 Å². The summed E-state index contributed by atoms with van der Waals surface area (Å²) >= 11 is 0. The Balaban J connectivity index is 0.00000162. The molecule has 4 N–H and O–H groups in total. The second-order valence-corrected chi connectivity index (χ2v) is 4.33. The zero-order chi connectivity index (χ0) is 12.4. The maximum absolute atomic E-state index is 9.83. The SMILES string of the molecule is C[C@@H](c1ccc(O)c(O)c1O)N1CCNCC1.Cl.Cl. The summed E-state index contributed by atoms with van der Waals surface area (Å²) in [7, 11) is 0. The quantitative estimate of drug-likeness (QED) is 0.625. The molecule has 1 saturated heterocycles. The molecule has 0 aliphatic carbocycles. The van der Waals surface area contributed by atoms with E-state index < -0.39 is 5.75 Å². The second kappa shape index (κ2) is 7.65. The molecular weight excluding hydrogens is 291 g/mol. The Morgan fingerprint density at radius 1 is 1.05 bits per heavy atom. The van der Waals surface area contributed by atoms with Crippen LogP contribution in [0.1, 0.15) is 18.5 Å². The first kappa shape index (κ1) is 18.1. The van der Waals surface area contributed by atoms with Gasteiger partial charge in [0.1, 0.15) is 0 Å². The van der Waals surface area contributed by atoms with E-state index >= 15 is 0 Å². The summed E-state index contributed by atoms with van der Waals surface area (Å²) in [6.07, 6.45) is 0. The highest BCUT2D eigenvalue weighted by Crippen LogP contribution is 2.40. The van der Waals surface area contributed by atoms with Gasteiger partial charge in [0, 0.05) is 37.8 Å². The van der Waals surface area contributed by atoms with Crippen molar-refractivity contribution in [3.8, 4) is 17.2 Å². The molecule has 1 heterocycles. The number of hydrogen-bond acceptors (Lipinski definition) is 5. The molecule has 110 valence electrons. The van der Waals surface area contributed by atoms with Crippen molar-refractivity contribution in [1.82, 2.24) is 10.2 Å². The van der Waals surface area contributed by atoms with Gasteiger partial charge in [0.25, 0.3) is 0 Å². The lowest BCUT2D eigenvalue weighted by molar-refractivity contribution is 0.182. The van der Waals surface area contributed by atoms with E-state index in [1.165, 1.54) is 6.07 Å². The molecule has 1 aliphatic heterocycles. The number of hydrogen-bond donors (Lipinski definition) is 4. The van der Waals surface area contributed by atoms with E-state index in [9.17, 15) is 15.3 Å². The Labute approximate surface area is 125 Å². The molecule has 1 aliphatic rings. The van der Waals surface area contributed by atoms with Crippen molar-refractivity contribution < 1.29 is 15.3 Å². The first-order chi connectivity index (χ1) is 8.11. The number of phenols is 3. The van der Waals surface area contributed by atoms with E-state index in [1.807, 2.05) is 6.92 Å². The van der Waals surface area contributed by atoms with E-state index in [1.54, 1.807) is 6.07 Å². The Kier molecular flexibility index (Phi) is 7.29. The molecule has 19 heavy (non-hydrogen) atoms. The normalized spacial score (nSPS) is 17.1. The van der Waals surface area contributed by atoms with Gasteiger partial charge in [-0.1, -0.05) is 0 Å². The molecule has 2 rings (SSSR count). The Morgan fingerprint density at radius 2 is 1.63 bits per heavy atom. The van der Waals surface area contributed by atoms with Crippen LogP contribution < -0.4 is 5.32 Å². The number of phenolic OH excluding ortho intramolecular Hbond substituents is 3. The minimum Gasteiger partial charge on any atom is -0.504 e. The Hall–Kier alpha value is -0.880. The van der Waals surface area contributed by atoms with E-state index in [4.69, 9.17) is 0 Å². The van der Waals surface area contributed by atoms with E-state index in [-0.39, 0.29) is 42.4 Å². The molecule has 1 atom stereocenters. The average molecular weight is 311 g/mol. The van der Waals surface area contributed by atoms with E-state index in [0.29, 0.717) is 5.56 Å². The van der Waals surface area contributed by atoms with Gasteiger partial charge in [-0.25, -0.2) is 0 Å². The summed E-state index contributed by atoms with van der Waals surface area (Å²) in [6.45, 7) is 5.64. The predicted molar refractivity (Wildman–Crippen MR) is 78.8 cm³/mol. The number of benzene rings is 1. The van der Waals surface area contributed by atoms with Gasteiger partial charge in [-0.3, -0.25) is 4.90 Å². The standard InChI is InChI=1S/C12H18N2O3.2ClH/c1-8(14-6-4-13-5-7-14)9-2-3-10(15)12(17)11(9)16;;/h2-3,8,13,15-17H,4-7H2,1H3;2*1H/t8-;;/m0../s1. The smallest absolute Gasteiger partial charge is 0.200 e. The first-order valence-electron chi connectivity index (χ1n) is 5.80. The van der Waals surface area contributed by atoms with Crippen molar-refractivity contribution in [1.29, 1.82) is 0 Å². The summed E-state index contributed by atoms with van der Waals surface area (Å²) in [5, 5.41) is 31.9. The summed E-state index contributed by atoms with van der Waals surface area (Å²) in [6, 6.07) is 3.07. The van der Waals surface area contributed by atoms with Crippen LogP contribution in [0.5, 0.6) is 17.2 Å². The fraction of sp³-hybridized carbons (Fsp3) is 0.500. The minimum atomic E-state index is -0.440. The van der Waals surface area contributed by atoms with Gasteiger partial charge < -0.3 is 20.6 Å². The lowest BCUT2D eigenvalue weighted by atomic mass is 10.0. The van der Waals surface area contributed by atoms with Crippen LogP contribution in [0.15, 0.2) is 12.1 Å². The third-order valence-electron chi connectivity index (χ3n) is 3.31. The number of piperazine rings is 1. The van der Waals surface area contributed by atoms with Gasteiger partial charge in [-0.15, -0.1) is 24.8 Å². The van der Waals surface area contributed by atoms with Crippen molar-refractivity contribution in [3.05, 3.63) is 17.7 Å². The van der Waals surface area contributed by atoms with Crippen molar-refractivity contribution >= 4 is 24.8 Å². The first-order valence-corrected chi connectivity index (χ1v) is 5.80. The van der Waals surface area contributed by atoms with Crippen LogP contribution in [0.3, 0.4) is 0 Å². The van der Waals surface area contributed by atoms with Crippen LogP contribution in [-0.4, -0.2) is 46.4 Å². The average Bonchev–Trinajstić information content (AvgIpc) is 2.36. The maximum atomic E-state index is 9.83. The lowest BCUT2D eigenvalue weighted by Gasteiger charge is -2.33. The predicted octanol–water partition coefficient (Wildman–Crippen LogP) is 1.61. The molecule has 0 amide bonds. The number of nitrogens with zero attached hydrogens (tertiary/aromatic N) is 1. The molecule has 1 aromatic rings. The highest BCUT2D eigenvalue weighted by atomic mass is 35.5. The number of nitrogens with one attached hydrogen (secondary N) is 1. The summed E-state index contributed by atoms with van der Waals surface area (Å²) in [4.78, 5) is 2.22. The molecule has 7 heteroatoms. The lowest BCUT2D eigenvalue weighted by Crippen LogP contribution is -2.44. The highest BCUT2D eigenvalue weighted by Gasteiger charge is 2.22. The van der Waals surface area contributed by atoms with Crippen molar-refractivity contribution in [3.63, 3.8) is 0 Å². The van der Waals surface area contributed by atoms with E-state index in [2.05, 4.69) is 10.2 Å². The highest BCUT2D eigenvalue weighted by molar-refractivity contribution is 5.85. The Morgan fingerprint density at radius 3 is 2.21 bits per heavy atom. The van der Waals surface area contributed by atoms with Crippen molar-refractivity contribution in [2.45, 2.75) is 13.0 Å². The zero-order valence-corrected chi connectivity index (χ0v) is 12.3. The van der Waals surface area contributed by atoms with Gasteiger partial charge in [0.2, 0.25) is 5.75 Å². The topological polar surface area (TPSA) is 76.0 Å². The van der Waals surface area contributed by atoms with Gasteiger partial charge in [-0.05, 0) is 19.1 Å². The third kappa shape index (κ3) is 3.79. The minimum absolute atomic E-state index is 0. The monoisotopic (exact) mass is 310 g/mol. The number of rotatable bonds is 2. The van der Waals surface area contributed by atoms with Crippen LogP contribution in [0.25, 0.3) is 0 Å². The number of halogens is 2. The molecule has 0 radical (unpaired) electrons. The molecule has 1 fully saturated rings. The van der Waals surface area contributed by atoms with Crippen LogP contribution >= 0.6 is 24.8 Å². The van der Waals surface area contributed by atoms with Gasteiger partial charge in [0.15, 0.2) is 11.5 Å². The zero-order valence-electron chi connectivity index (χ0n) is 10.7. The maximum Gasteiger partial charge on any atom is 0.200 e. The molecular formula is C12H20Cl2N2O3. The molecule has 0 saturated carbocycles. The summed E-state index contributed by atoms with van der Waals surface area (Å²) in [5.74, 6) is -0.959. The van der Waals surface area contributed by atoms with Gasteiger partial charge in [-0.2, -0.15) is 0 Å².